The predicted molar refractivity (Wildman–Crippen MR) is 155 cm³/mol. The highest BCUT2D eigenvalue weighted by molar-refractivity contribution is 7.93. The van der Waals surface area contributed by atoms with E-state index in [1.807, 2.05) is 0 Å². The van der Waals surface area contributed by atoms with Gasteiger partial charge in [-0.3, -0.25) is 0 Å². The summed E-state index contributed by atoms with van der Waals surface area (Å²) in [5.41, 5.74) is 0. The lowest BCUT2D eigenvalue weighted by Gasteiger charge is -2.10. The van der Waals surface area contributed by atoms with E-state index in [-0.39, 0.29) is 37.2 Å². The molecule has 0 atom stereocenters. The summed E-state index contributed by atoms with van der Waals surface area (Å²) in [6.45, 7) is 11.9. The number of sulfonamides is 2. The van der Waals surface area contributed by atoms with Crippen LogP contribution in [0.3, 0.4) is 0 Å². The van der Waals surface area contributed by atoms with Gasteiger partial charge in [0.25, 0.3) is 0 Å². The van der Waals surface area contributed by atoms with Crippen molar-refractivity contribution < 1.29 is 50.1 Å². The van der Waals surface area contributed by atoms with Crippen LogP contribution in [-0.2, 0) is 48.5 Å². The molecule has 0 aromatic carbocycles. The van der Waals surface area contributed by atoms with Gasteiger partial charge in [-0.15, -0.1) is 0 Å². The maximum Gasteiger partial charge on any atom is 0.314 e. The molecule has 0 saturated heterocycles. The van der Waals surface area contributed by atoms with Crippen LogP contribution in [0.2, 0.25) is 0 Å². The molecule has 15 nitrogen and oxygen atoms in total. The van der Waals surface area contributed by atoms with Crippen molar-refractivity contribution in [3.05, 3.63) is 36.3 Å². The first-order valence-electron chi connectivity index (χ1n) is 13.0. The summed E-state index contributed by atoms with van der Waals surface area (Å²) >= 11 is 0. The number of amides is 2. The van der Waals surface area contributed by atoms with Crippen molar-refractivity contribution in [1.82, 2.24) is 20.1 Å². The number of carbonyl (C=O) groups is 1. The molecule has 0 aromatic heterocycles. The molecule has 0 radical (unpaired) electrons. The zero-order valence-corrected chi connectivity index (χ0v) is 25.4. The lowest BCUT2D eigenvalue weighted by molar-refractivity contribution is 0.0160. The van der Waals surface area contributed by atoms with Gasteiger partial charge in [0.15, 0.2) is 0 Å². The van der Waals surface area contributed by atoms with Crippen LogP contribution in [0.15, 0.2) is 36.3 Å². The Morgan fingerprint density at radius 1 is 0.634 bits per heavy atom. The standard InChI is InChI=1S/C24H46N4O11S2/c1-4-5-6-23(2)41(32,33)28-10-14-37-18-22-39-20-16-35-12-8-26-24(29)25-7-11-34-15-19-38-21-17-36-13-9-27-40(3,30)31/h4-6,27-28H,1-2,7-22H2,3H3,(H2,25,26,29)/b6-5-. The van der Waals surface area contributed by atoms with E-state index in [1.54, 1.807) is 0 Å². The molecule has 0 aliphatic rings. The van der Waals surface area contributed by atoms with Crippen LogP contribution >= 0.6 is 0 Å². The first kappa shape index (κ1) is 39.1. The molecule has 0 bridgehead atoms. The van der Waals surface area contributed by atoms with E-state index in [9.17, 15) is 21.6 Å². The van der Waals surface area contributed by atoms with Crippen molar-refractivity contribution in [2.75, 3.05) is 112 Å². The van der Waals surface area contributed by atoms with Crippen molar-refractivity contribution in [1.29, 1.82) is 0 Å². The molecule has 0 saturated carbocycles. The highest BCUT2D eigenvalue weighted by Crippen LogP contribution is 2.02. The fourth-order valence-corrected chi connectivity index (χ4v) is 3.77. The summed E-state index contributed by atoms with van der Waals surface area (Å²) in [6.07, 6.45) is 5.39. The van der Waals surface area contributed by atoms with Crippen molar-refractivity contribution in [3.8, 4) is 0 Å². The fraction of sp³-hybridized carbons (Fsp3) is 0.708. The third-order valence-corrected chi connectivity index (χ3v) is 6.60. The van der Waals surface area contributed by atoms with E-state index >= 15 is 0 Å². The molecule has 41 heavy (non-hydrogen) atoms. The van der Waals surface area contributed by atoms with Gasteiger partial charge in [-0.25, -0.2) is 31.1 Å². The van der Waals surface area contributed by atoms with Gasteiger partial charge in [0.1, 0.15) is 0 Å². The summed E-state index contributed by atoms with van der Waals surface area (Å²) in [5.74, 6) is 0. The van der Waals surface area contributed by atoms with Crippen molar-refractivity contribution in [2.24, 2.45) is 0 Å². The Kier molecular flexibility index (Phi) is 24.5. The smallest absolute Gasteiger partial charge is 0.314 e. The summed E-state index contributed by atoms with van der Waals surface area (Å²) in [7, 11) is -6.83. The Labute approximate surface area is 244 Å². The highest BCUT2D eigenvalue weighted by Gasteiger charge is 2.11. The van der Waals surface area contributed by atoms with Crippen molar-refractivity contribution >= 4 is 26.1 Å². The number of carbonyl (C=O) groups excluding carboxylic acids is 1. The SMILES string of the molecule is C=C/C=C\C(=C)S(=O)(=O)NCCOCCOCCOCCNC(=O)NCCOCCOCCOCCNS(C)(=O)=O. The molecule has 0 fully saturated rings. The van der Waals surface area contributed by atoms with Crippen LogP contribution in [0, 0.1) is 0 Å². The zero-order valence-electron chi connectivity index (χ0n) is 23.8. The van der Waals surface area contributed by atoms with Gasteiger partial charge < -0.3 is 39.1 Å². The lowest BCUT2D eigenvalue weighted by Crippen LogP contribution is -2.39. The summed E-state index contributed by atoms with van der Waals surface area (Å²) in [5, 5.41) is 5.32. The number of urea groups is 1. The normalized spacial score (nSPS) is 12.0. The molecule has 240 valence electrons. The average Bonchev–Trinajstić information content (AvgIpc) is 2.91. The Balaban J connectivity index is 3.36. The molecule has 0 heterocycles. The highest BCUT2D eigenvalue weighted by atomic mass is 32.2. The van der Waals surface area contributed by atoms with Crippen molar-refractivity contribution in [3.63, 3.8) is 0 Å². The maximum absolute atomic E-state index is 11.9. The summed E-state index contributed by atoms with van der Waals surface area (Å²) in [4.78, 5) is 11.6. The molecule has 0 aliphatic carbocycles. The quantitative estimate of drug-likeness (QED) is 0.0593. The Hall–Kier alpha value is -1.93. The van der Waals surface area contributed by atoms with Gasteiger partial charge in [-0.2, -0.15) is 0 Å². The minimum atomic E-state index is -3.63. The third-order valence-electron chi connectivity index (χ3n) is 4.46. The van der Waals surface area contributed by atoms with E-state index in [0.717, 1.165) is 6.26 Å². The molecule has 2 amide bonds. The summed E-state index contributed by atoms with van der Waals surface area (Å²) in [6, 6.07) is -0.329. The Morgan fingerprint density at radius 3 is 1.39 bits per heavy atom. The second-order valence-corrected chi connectivity index (χ2v) is 11.6. The van der Waals surface area contributed by atoms with Gasteiger partial charge in [0.05, 0.1) is 90.4 Å². The van der Waals surface area contributed by atoms with Crippen LogP contribution in [-0.4, -0.2) is 135 Å². The third kappa shape index (κ3) is 28.0. The predicted octanol–water partition coefficient (Wildman–Crippen LogP) is -0.890. The molecule has 0 aliphatic heterocycles. The van der Waals surface area contributed by atoms with Gasteiger partial charge in [0, 0.05) is 26.2 Å². The van der Waals surface area contributed by atoms with E-state index in [2.05, 4.69) is 33.2 Å². The van der Waals surface area contributed by atoms with E-state index in [0.29, 0.717) is 79.2 Å². The second kappa shape index (κ2) is 25.8. The summed E-state index contributed by atoms with van der Waals surface area (Å²) < 4.78 is 82.1. The van der Waals surface area contributed by atoms with Crippen molar-refractivity contribution in [2.45, 2.75) is 0 Å². The van der Waals surface area contributed by atoms with E-state index < -0.39 is 20.0 Å². The fourth-order valence-electron chi connectivity index (χ4n) is 2.52. The molecular weight excluding hydrogens is 584 g/mol. The van der Waals surface area contributed by atoms with Crippen LogP contribution in [0.1, 0.15) is 0 Å². The molecule has 0 aromatic rings. The first-order chi connectivity index (χ1) is 19.6. The minimum absolute atomic E-state index is 0.0545. The molecule has 0 unspecified atom stereocenters. The molecule has 17 heteroatoms. The molecule has 4 N–H and O–H groups in total. The van der Waals surface area contributed by atoms with E-state index in [4.69, 9.17) is 28.4 Å². The van der Waals surface area contributed by atoms with E-state index in [1.165, 1.54) is 18.2 Å². The van der Waals surface area contributed by atoms with Gasteiger partial charge in [-0.05, 0) is 6.08 Å². The van der Waals surface area contributed by atoms with Crippen LogP contribution < -0.4 is 20.1 Å². The minimum Gasteiger partial charge on any atom is -0.378 e. The van der Waals surface area contributed by atoms with Crippen LogP contribution in [0.5, 0.6) is 0 Å². The lowest BCUT2D eigenvalue weighted by atomic mass is 10.5. The monoisotopic (exact) mass is 630 g/mol. The number of rotatable bonds is 29. The van der Waals surface area contributed by atoms with Gasteiger partial charge in [0.2, 0.25) is 20.0 Å². The maximum atomic E-state index is 11.9. The topological polar surface area (TPSA) is 189 Å². The molecule has 0 rings (SSSR count). The Morgan fingerprint density at radius 2 is 1.00 bits per heavy atom. The first-order valence-corrected chi connectivity index (χ1v) is 16.4. The second-order valence-electron chi connectivity index (χ2n) is 7.98. The molecular formula is C24H46N4O11S2. The van der Waals surface area contributed by atoms with Crippen LogP contribution in [0.4, 0.5) is 4.79 Å². The zero-order chi connectivity index (χ0) is 30.7. The molecule has 0 spiro atoms. The largest absolute Gasteiger partial charge is 0.378 e. The van der Waals surface area contributed by atoms with Crippen LogP contribution in [0.25, 0.3) is 0 Å². The van der Waals surface area contributed by atoms with Gasteiger partial charge >= 0.3 is 6.03 Å². The number of allylic oxidation sites excluding steroid dienone is 3. The number of ether oxygens (including phenoxy) is 6. The van der Waals surface area contributed by atoms with Gasteiger partial charge in [-0.1, -0.05) is 25.3 Å². The number of hydrogen-bond acceptors (Lipinski definition) is 11. The number of hydrogen-bond donors (Lipinski definition) is 4. The average molecular weight is 631 g/mol. The number of nitrogens with one attached hydrogen (secondary N) is 4. The Bertz CT molecular complexity index is 945.